The molecule has 0 unspecified atom stereocenters. The Hall–Kier alpha value is -0.960. The normalized spacial score (nSPS) is 11.4. The van der Waals surface area contributed by atoms with Crippen molar-refractivity contribution in [2.24, 2.45) is 0 Å². The topological polar surface area (TPSA) is 0 Å². The van der Waals surface area contributed by atoms with Crippen molar-refractivity contribution in [1.29, 1.82) is 0 Å². The van der Waals surface area contributed by atoms with Gasteiger partial charge in [-0.2, -0.15) is 13.2 Å². The molecular weight excluding hydrogens is 201 g/mol. The van der Waals surface area contributed by atoms with Crippen LogP contribution in [0, 0.1) is 0 Å². The molecule has 0 spiro atoms. The Morgan fingerprint density at radius 1 is 1.31 bits per heavy atom. The summed E-state index contributed by atoms with van der Waals surface area (Å²) in [6.45, 7) is 3.29. The van der Waals surface area contributed by atoms with Crippen molar-refractivity contribution < 1.29 is 13.2 Å². The number of alkyl halides is 3. The summed E-state index contributed by atoms with van der Waals surface area (Å²) in [4.78, 5) is 0. The zero-order chi connectivity index (χ0) is 10.1. The van der Waals surface area contributed by atoms with Crippen LogP contribution in [0.5, 0.6) is 0 Å². The van der Waals surface area contributed by atoms with Crippen LogP contribution < -0.4 is 0 Å². The van der Waals surface area contributed by atoms with E-state index in [4.69, 9.17) is 11.6 Å². The third-order valence-corrected chi connectivity index (χ3v) is 1.78. The van der Waals surface area contributed by atoms with Crippen molar-refractivity contribution in [3.05, 3.63) is 40.9 Å². The molecule has 0 aliphatic rings. The largest absolute Gasteiger partial charge is 0.417 e. The summed E-state index contributed by atoms with van der Waals surface area (Å²) in [5.41, 5.74) is -0.716. The van der Waals surface area contributed by atoms with Gasteiger partial charge in [0.2, 0.25) is 0 Å². The maximum absolute atomic E-state index is 12.3. The highest BCUT2D eigenvalue weighted by atomic mass is 35.5. The van der Waals surface area contributed by atoms with Crippen molar-refractivity contribution in [3.8, 4) is 0 Å². The SMILES string of the molecule is C=Cc1ccc(Cl)cc1C(F)(F)F. The zero-order valence-electron chi connectivity index (χ0n) is 6.53. The molecule has 1 rings (SSSR count). The first-order chi connectivity index (χ1) is 5.95. The lowest BCUT2D eigenvalue weighted by atomic mass is 10.1. The molecule has 0 heterocycles. The highest BCUT2D eigenvalue weighted by molar-refractivity contribution is 6.30. The van der Waals surface area contributed by atoms with E-state index in [1.807, 2.05) is 0 Å². The van der Waals surface area contributed by atoms with Crippen LogP contribution in [0.1, 0.15) is 11.1 Å². The molecule has 0 saturated heterocycles. The van der Waals surface area contributed by atoms with Gasteiger partial charge in [0.25, 0.3) is 0 Å². The van der Waals surface area contributed by atoms with Gasteiger partial charge >= 0.3 is 6.18 Å². The molecule has 1 aromatic rings. The molecule has 0 fully saturated rings. The van der Waals surface area contributed by atoms with Crippen LogP contribution in [0.4, 0.5) is 13.2 Å². The monoisotopic (exact) mass is 206 g/mol. The van der Waals surface area contributed by atoms with Crippen molar-refractivity contribution in [1.82, 2.24) is 0 Å². The standard InChI is InChI=1S/C9H6ClF3/c1-2-6-3-4-7(10)5-8(6)9(11,12)13/h2-5H,1H2. The highest BCUT2D eigenvalue weighted by Crippen LogP contribution is 2.34. The maximum Gasteiger partial charge on any atom is 0.417 e. The minimum atomic E-state index is -4.38. The minimum absolute atomic E-state index is 0.0388. The molecule has 0 aliphatic heterocycles. The van der Waals surface area contributed by atoms with E-state index in [1.165, 1.54) is 12.1 Å². The Bertz CT molecular complexity index is 328. The molecule has 0 atom stereocenters. The van der Waals surface area contributed by atoms with E-state index in [0.29, 0.717) is 0 Å². The third-order valence-electron chi connectivity index (χ3n) is 1.54. The fraction of sp³-hybridized carbons (Fsp3) is 0.111. The summed E-state index contributed by atoms with van der Waals surface area (Å²) in [6, 6.07) is 3.57. The van der Waals surface area contributed by atoms with Crippen LogP contribution in [0.25, 0.3) is 6.08 Å². The number of halogens is 4. The fourth-order valence-corrected chi connectivity index (χ4v) is 1.12. The third kappa shape index (κ3) is 2.25. The molecule has 70 valence electrons. The Morgan fingerprint density at radius 2 is 1.92 bits per heavy atom. The van der Waals surface area contributed by atoms with Gasteiger partial charge in [-0.05, 0) is 17.7 Å². The van der Waals surface area contributed by atoms with E-state index in [-0.39, 0.29) is 10.6 Å². The Kier molecular flexibility index (Phi) is 2.66. The molecule has 0 amide bonds. The van der Waals surface area contributed by atoms with Crippen molar-refractivity contribution in [2.75, 3.05) is 0 Å². The fourth-order valence-electron chi connectivity index (χ4n) is 0.952. The summed E-state index contributed by atoms with van der Waals surface area (Å²) in [6.07, 6.45) is -3.23. The van der Waals surface area contributed by atoms with Crippen molar-refractivity contribution >= 4 is 17.7 Å². The van der Waals surface area contributed by atoms with Gasteiger partial charge in [-0.3, -0.25) is 0 Å². The minimum Gasteiger partial charge on any atom is -0.166 e. The second kappa shape index (κ2) is 3.42. The Balaban J connectivity index is 3.32. The molecule has 0 aliphatic carbocycles. The molecule has 4 heteroatoms. The first-order valence-corrected chi connectivity index (χ1v) is 3.82. The average Bonchev–Trinajstić information content (AvgIpc) is 2.03. The number of hydrogen-bond acceptors (Lipinski definition) is 0. The number of benzene rings is 1. The lowest BCUT2D eigenvalue weighted by Gasteiger charge is -2.09. The van der Waals surface area contributed by atoms with E-state index < -0.39 is 11.7 Å². The first-order valence-electron chi connectivity index (χ1n) is 3.44. The molecule has 0 saturated carbocycles. The summed E-state index contributed by atoms with van der Waals surface area (Å²) < 4.78 is 36.9. The van der Waals surface area contributed by atoms with Gasteiger partial charge in [0.05, 0.1) is 5.56 Å². The average molecular weight is 207 g/mol. The molecular formula is C9H6ClF3. The van der Waals surface area contributed by atoms with Gasteiger partial charge in [-0.25, -0.2) is 0 Å². The van der Waals surface area contributed by atoms with Gasteiger partial charge in [0.15, 0.2) is 0 Å². The second-order valence-corrected chi connectivity index (χ2v) is 2.87. The Morgan fingerprint density at radius 3 is 2.38 bits per heavy atom. The molecule has 0 nitrogen and oxygen atoms in total. The summed E-state index contributed by atoms with van der Waals surface area (Å²) in [5, 5.41) is 0.0675. The van der Waals surface area contributed by atoms with Gasteiger partial charge < -0.3 is 0 Å². The van der Waals surface area contributed by atoms with E-state index in [2.05, 4.69) is 6.58 Å². The molecule has 1 aromatic carbocycles. The van der Waals surface area contributed by atoms with Gasteiger partial charge in [-0.1, -0.05) is 30.3 Å². The summed E-state index contributed by atoms with van der Waals surface area (Å²) in [5.74, 6) is 0. The number of hydrogen-bond donors (Lipinski definition) is 0. The smallest absolute Gasteiger partial charge is 0.166 e. The quantitative estimate of drug-likeness (QED) is 0.652. The van der Waals surface area contributed by atoms with E-state index >= 15 is 0 Å². The van der Waals surface area contributed by atoms with Gasteiger partial charge in [0, 0.05) is 5.02 Å². The number of rotatable bonds is 1. The van der Waals surface area contributed by atoms with Gasteiger partial charge in [0.1, 0.15) is 0 Å². The predicted octanol–water partition coefficient (Wildman–Crippen LogP) is 4.00. The molecule has 0 aromatic heterocycles. The summed E-state index contributed by atoms with van der Waals surface area (Å²) >= 11 is 5.45. The molecule has 0 bridgehead atoms. The van der Waals surface area contributed by atoms with Crippen LogP contribution in [0.3, 0.4) is 0 Å². The summed E-state index contributed by atoms with van der Waals surface area (Å²) in [7, 11) is 0. The van der Waals surface area contributed by atoms with E-state index in [9.17, 15) is 13.2 Å². The van der Waals surface area contributed by atoms with Crippen LogP contribution in [0.15, 0.2) is 24.8 Å². The lowest BCUT2D eigenvalue weighted by molar-refractivity contribution is -0.137. The molecule has 0 radical (unpaired) electrons. The van der Waals surface area contributed by atoms with Crippen LogP contribution >= 0.6 is 11.6 Å². The molecule has 13 heavy (non-hydrogen) atoms. The maximum atomic E-state index is 12.3. The van der Waals surface area contributed by atoms with Crippen LogP contribution in [0.2, 0.25) is 5.02 Å². The van der Waals surface area contributed by atoms with E-state index in [0.717, 1.165) is 12.1 Å². The molecule has 0 N–H and O–H groups in total. The van der Waals surface area contributed by atoms with E-state index in [1.54, 1.807) is 0 Å². The predicted molar refractivity (Wildman–Crippen MR) is 46.5 cm³/mol. The first kappa shape index (κ1) is 10.1. The lowest BCUT2D eigenvalue weighted by Crippen LogP contribution is -2.06. The second-order valence-electron chi connectivity index (χ2n) is 2.43. The highest BCUT2D eigenvalue weighted by Gasteiger charge is 2.32. The van der Waals surface area contributed by atoms with Gasteiger partial charge in [-0.15, -0.1) is 0 Å². The van der Waals surface area contributed by atoms with Crippen LogP contribution in [-0.4, -0.2) is 0 Å². The van der Waals surface area contributed by atoms with Crippen LogP contribution in [-0.2, 0) is 6.18 Å². The van der Waals surface area contributed by atoms with Crippen molar-refractivity contribution in [2.45, 2.75) is 6.18 Å². The Labute approximate surface area is 78.6 Å². The zero-order valence-corrected chi connectivity index (χ0v) is 7.28. The van der Waals surface area contributed by atoms with Crippen molar-refractivity contribution in [3.63, 3.8) is 0 Å².